The van der Waals surface area contributed by atoms with Gasteiger partial charge in [0.2, 0.25) is 0 Å². The molecule has 0 amide bonds. The van der Waals surface area contributed by atoms with Crippen LogP contribution in [0, 0.1) is 5.92 Å². The third kappa shape index (κ3) is 2.94. The van der Waals surface area contributed by atoms with Crippen molar-refractivity contribution >= 4 is 11.7 Å². The van der Waals surface area contributed by atoms with Gasteiger partial charge in [0.1, 0.15) is 6.54 Å². The number of carboxylic acid groups (broad SMARTS) is 1. The molecule has 1 N–H and O–H groups in total. The Balaban J connectivity index is 2.06. The van der Waals surface area contributed by atoms with Gasteiger partial charge in [-0.25, -0.2) is 0 Å². The summed E-state index contributed by atoms with van der Waals surface area (Å²) >= 11 is 0. The lowest BCUT2D eigenvalue weighted by molar-refractivity contribution is -0.135. The fourth-order valence-electron chi connectivity index (χ4n) is 1.59. The minimum absolute atomic E-state index is 0.0700. The van der Waals surface area contributed by atoms with Crippen LogP contribution in [0.15, 0.2) is 24.5 Å². The van der Waals surface area contributed by atoms with Gasteiger partial charge in [-0.1, -0.05) is 0 Å². The first-order valence-corrected chi connectivity index (χ1v) is 5.12. The van der Waals surface area contributed by atoms with Gasteiger partial charge < -0.3 is 10.0 Å². The minimum atomic E-state index is -0.785. The van der Waals surface area contributed by atoms with Gasteiger partial charge in [0.15, 0.2) is 0 Å². The average molecular weight is 206 g/mol. The lowest BCUT2D eigenvalue weighted by Gasteiger charge is -2.22. The Morgan fingerprint density at radius 1 is 1.47 bits per heavy atom. The van der Waals surface area contributed by atoms with Crippen LogP contribution in [-0.2, 0) is 4.79 Å². The van der Waals surface area contributed by atoms with E-state index >= 15 is 0 Å². The minimum Gasteiger partial charge on any atom is -0.480 e. The first-order valence-electron chi connectivity index (χ1n) is 5.12. The molecular weight excluding hydrogens is 192 g/mol. The molecule has 4 nitrogen and oxygen atoms in total. The van der Waals surface area contributed by atoms with Crippen LogP contribution < -0.4 is 4.90 Å². The summed E-state index contributed by atoms with van der Waals surface area (Å²) in [4.78, 5) is 16.6. The van der Waals surface area contributed by atoms with Crippen LogP contribution in [-0.4, -0.2) is 29.1 Å². The summed E-state index contributed by atoms with van der Waals surface area (Å²) in [5.41, 5.74) is 0.944. The molecule has 0 aliphatic heterocycles. The molecule has 0 unspecified atom stereocenters. The number of carbonyl (C=O) groups is 1. The van der Waals surface area contributed by atoms with E-state index in [0.29, 0.717) is 5.92 Å². The number of anilines is 1. The highest BCUT2D eigenvalue weighted by atomic mass is 16.4. The van der Waals surface area contributed by atoms with Crippen LogP contribution in [0.25, 0.3) is 0 Å². The smallest absolute Gasteiger partial charge is 0.323 e. The van der Waals surface area contributed by atoms with E-state index < -0.39 is 5.97 Å². The number of pyridine rings is 1. The number of nitrogens with zero attached hydrogens (tertiary/aromatic N) is 2. The molecule has 1 aliphatic carbocycles. The van der Waals surface area contributed by atoms with Crippen LogP contribution in [0.2, 0.25) is 0 Å². The van der Waals surface area contributed by atoms with Gasteiger partial charge in [0.25, 0.3) is 0 Å². The maximum atomic E-state index is 10.7. The molecule has 2 rings (SSSR count). The molecule has 1 heterocycles. The lowest BCUT2D eigenvalue weighted by atomic mass is 10.3. The van der Waals surface area contributed by atoms with E-state index in [0.717, 1.165) is 12.2 Å². The normalized spacial score (nSPS) is 14.9. The summed E-state index contributed by atoms with van der Waals surface area (Å²) in [5.74, 6) is -0.107. The number of rotatable bonds is 5. The van der Waals surface area contributed by atoms with Gasteiger partial charge in [-0.3, -0.25) is 9.78 Å². The summed E-state index contributed by atoms with van der Waals surface area (Å²) in [6.07, 6.45) is 5.83. The molecule has 0 atom stereocenters. The van der Waals surface area contributed by atoms with E-state index in [1.54, 1.807) is 12.4 Å². The van der Waals surface area contributed by atoms with E-state index in [2.05, 4.69) is 4.98 Å². The lowest BCUT2D eigenvalue weighted by Crippen LogP contribution is -2.31. The second-order valence-electron chi connectivity index (χ2n) is 3.92. The predicted octanol–water partition coefficient (Wildman–Crippen LogP) is 1.38. The standard InChI is InChI=1S/C11H14N2O2/c14-11(15)8-13(7-9-1-2-9)10-3-5-12-6-4-10/h3-6,9H,1-2,7-8H2,(H,14,15). The van der Waals surface area contributed by atoms with Crippen molar-refractivity contribution in [2.45, 2.75) is 12.8 Å². The highest BCUT2D eigenvalue weighted by Gasteiger charge is 2.25. The number of carboxylic acids is 1. The Hall–Kier alpha value is -1.58. The summed E-state index contributed by atoms with van der Waals surface area (Å²) < 4.78 is 0. The zero-order chi connectivity index (χ0) is 10.7. The van der Waals surface area contributed by atoms with Gasteiger partial charge in [0.05, 0.1) is 0 Å². The van der Waals surface area contributed by atoms with E-state index in [-0.39, 0.29) is 6.54 Å². The Morgan fingerprint density at radius 3 is 2.67 bits per heavy atom. The van der Waals surface area contributed by atoms with Crippen molar-refractivity contribution in [2.75, 3.05) is 18.0 Å². The topological polar surface area (TPSA) is 53.4 Å². The monoisotopic (exact) mass is 206 g/mol. The van der Waals surface area contributed by atoms with Gasteiger partial charge in [-0.05, 0) is 30.9 Å². The largest absolute Gasteiger partial charge is 0.480 e. The molecule has 1 aromatic rings. The fraction of sp³-hybridized carbons (Fsp3) is 0.455. The Kier molecular flexibility index (Phi) is 2.85. The number of hydrogen-bond acceptors (Lipinski definition) is 3. The van der Waals surface area contributed by atoms with Crippen LogP contribution in [0.5, 0.6) is 0 Å². The van der Waals surface area contributed by atoms with Crippen molar-refractivity contribution in [3.63, 3.8) is 0 Å². The van der Waals surface area contributed by atoms with Crippen molar-refractivity contribution in [2.24, 2.45) is 5.92 Å². The van der Waals surface area contributed by atoms with E-state index in [4.69, 9.17) is 5.11 Å². The number of aromatic nitrogens is 1. The SMILES string of the molecule is O=C(O)CN(CC1CC1)c1ccncc1. The van der Waals surface area contributed by atoms with Crippen LogP contribution in [0.4, 0.5) is 5.69 Å². The number of hydrogen-bond donors (Lipinski definition) is 1. The summed E-state index contributed by atoms with van der Waals surface area (Å²) in [5, 5.41) is 8.82. The van der Waals surface area contributed by atoms with Crippen LogP contribution in [0.3, 0.4) is 0 Å². The summed E-state index contributed by atoms with van der Waals surface area (Å²) in [6, 6.07) is 3.70. The molecule has 4 heteroatoms. The van der Waals surface area contributed by atoms with Crippen molar-refractivity contribution in [1.82, 2.24) is 4.98 Å². The van der Waals surface area contributed by atoms with E-state index in [9.17, 15) is 4.79 Å². The summed E-state index contributed by atoms with van der Waals surface area (Å²) in [7, 11) is 0. The summed E-state index contributed by atoms with van der Waals surface area (Å²) in [6.45, 7) is 0.914. The molecule has 0 aromatic carbocycles. The second kappa shape index (κ2) is 4.29. The first-order chi connectivity index (χ1) is 7.25. The predicted molar refractivity (Wildman–Crippen MR) is 56.8 cm³/mol. The highest BCUT2D eigenvalue weighted by molar-refractivity contribution is 5.73. The molecule has 80 valence electrons. The molecule has 0 bridgehead atoms. The zero-order valence-corrected chi connectivity index (χ0v) is 8.47. The molecule has 0 radical (unpaired) electrons. The maximum absolute atomic E-state index is 10.7. The van der Waals surface area contributed by atoms with Gasteiger partial charge in [0, 0.05) is 24.6 Å². The van der Waals surface area contributed by atoms with Crippen molar-refractivity contribution in [3.05, 3.63) is 24.5 Å². The van der Waals surface area contributed by atoms with Gasteiger partial charge >= 0.3 is 5.97 Å². The second-order valence-corrected chi connectivity index (χ2v) is 3.92. The van der Waals surface area contributed by atoms with Crippen molar-refractivity contribution < 1.29 is 9.90 Å². The third-order valence-electron chi connectivity index (χ3n) is 2.53. The van der Waals surface area contributed by atoms with E-state index in [1.807, 2.05) is 17.0 Å². The number of aliphatic carboxylic acids is 1. The Bertz CT molecular complexity index is 336. The van der Waals surface area contributed by atoms with Gasteiger partial charge in [-0.2, -0.15) is 0 Å². The molecular formula is C11H14N2O2. The highest BCUT2D eigenvalue weighted by Crippen LogP contribution is 2.31. The van der Waals surface area contributed by atoms with Gasteiger partial charge in [-0.15, -0.1) is 0 Å². The Morgan fingerprint density at radius 2 is 2.13 bits per heavy atom. The third-order valence-corrected chi connectivity index (χ3v) is 2.53. The molecule has 1 saturated carbocycles. The fourth-order valence-corrected chi connectivity index (χ4v) is 1.59. The quantitative estimate of drug-likeness (QED) is 0.790. The molecule has 15 heavy (non-hydrogen) atoms. The Labute approximate surface area is 88.6 Å². The van der Waals surface area contributed by atoms with E-state index in [1.165, 1.54) is 12.8 Å². The zero-order valence-electron chi connectivity index (χ0n) is 8.47. The van der Waals surface area contributed by atoms with Crippen LogP contribution in [0.1, 0.15) is 12.8 Å². The average Bonchev–Trinajstić information content (AvgIpc) is 3.01. The molecule has 0 saturated heterocycles. The van der Waals surface area contributed by atoms with Crippen LogP contribution >= 0.6 is 0 Å². The van der Waals surface area contributed by atoms with Crippen molar-refractivity contribution in [1.29, 1.82) is 0 Å². The van der Waals surface area contributed by atoms with Crippen molar-refractivity contribution in [3.8, 4) is 0 Å². The first kappa shape index (κ1) is 9.96. The molecule has 1 aromatic heterocycles. The molecule has 0 spiro atoms. The maximum Gasteiger partial charge on any atom is 0.323 e. The molecule has 1 fully saturated rings. The molecule has 1 aliphatic rings.